The molecule has 4 nitrogen and oxygen atoms in total. The van der Waals surface area contributed by atoms with Crippen molar-refractivity contribution in [3.05, 3.63) is 64.7 Å². The lowest BCUT2D eigenvalue weighted by molar-refractivity contribution is -0.120. The Bertz CT molecular complexity index is 629. The maximum absolute atomic E-state index is 11.8. The summed E-state index contributed by atoms with van der Waals surface area (Å²) in [5.74, 6) is 0.830. The van der Waals surface area contributed by atoms with E-state index in [4.69, 9.17) is 16.3 Å². The quantitative estimate of drug-likeness (QED) is 0.781. The van der Waals surface area contributed by atoms with Crippen LogP contribution in [0.25, 0.3) is 0 Å². The zero-order chi connectivity index (χ0) is 16.5. The summed E-state index contributed by atoms with van der Waals surface area (Å²) >= 11 is 5.83. The maximum Gasteiger partial charge on any atom is 0.233 e. The molecule has 0 fully saturated rings. The number of rotatable bonds is 8. The van der Waals surface area contributed by atoms with Crippen molar-refractivity contribution in [1.82, 2.24) is 10.6 Å². The molecule has 0 aromatic heterocycles. The molecule has 0 unspecified atom stereocenters. The molecule has 0 saturated carbocycles. The summed E-state index contributed by atoms with van der Waals surface area (Å²) in [7, 11) is 1.65. The summed E-state index contributed by atoms with van der Waals surface area (Å²) in [5.41, 5.74) is 2.18. The van der Waals surface area contributed by atoms with Gasteiger partial charge in [-0.25, -0.2) is 0 Å². The van der Waals surface area contributed by atoms with Crippen LogP contribution < -0.4 is 15.4 Å². The van der Waals surface area contributed by atoms with Crippen molar-refractivity contribution in [2.75, 3.05) is 20.2 Å². The van der Waals surface area contributed by atoms with E-state index < -0.39 is 0 Å². The number of para-hydroxylation sites is 1. The topological polar surface area (TPSA) is 50.4 Å². The Morgan fingerprint density at radius 2 is 1.87 bits per heavy atom. The minimum Gasteiger partial charge on any atom is -0.496 e. The van der Waals surface area contributed by atoms with Gasteiger partial charge in [0.2, 0.25) is 5.91 Å². The van der Waals surface area contributed by atoms with E-state index in [0.29, 0.717) is 18.1 Å². The molecule has 0 aliphatic rings. The predicted octanol–water partition coefficient (Wildman–Crippen LogP) is 2.80. The van der Waals surface area contributed by atoms with Crippen LogP contribution in [0, 0.1) is 0 Å². The first kappa shape index (κ1) is 17.3. The van der Waals surface area contributed by atoms with Crippen molar-refractivity contribution in [1.29, 1.82) is 0 Å². The lowest BCUT2D eigenvalue weighted by atomic mass is 10.1. The first-order chi connectivity index (χ1) is 11.2. The average molecular weight is 333 g/mol. The van der Waals surface area contributed by atoms with Crippen LogP contribution in [0.5, 0.6) is 5.75 Å². The summed E-state index contributed by atoms with van der Waals surface area (Å²) in [6.45, 7) is 1.51. The zero-order valence-electron chi connectivity index (χ0n) is 13.1. The van der Waals surface area contributed by atoms with Crippen molar-refractivity contribution < 1.29 is 9.53 Å². The van der Waals surface area contributed by atoms with Crippen molar-refractivity contribution in [3.63, 3.8) is 0 Å². The first-order valence-electron chi connectivity index (χ1n) is 7.53. The molecular weight excluding hydrogens is 312 g/mol. The van der Waals surface area contributed by atoms with Crippen molar-refractivity contribution in [3.8, 4) is 5.75 Å². The number of ether oxygens (including phenoxy) is 1. The van der Waals surface area contributed by atoms with E-state index in [1.54, 1.807) is 7.11 Å². The second-order valence-electron chi connectivity index (χ2n) is 5.14. The molecule has 0 saturated heterocycles. The van der Waals surface area contributed by atoms with Gasteiger partial charge >= 0.3 is 0 Å². The van der Waals surface area contributed by atoms with Crippen LogP contribution in [-0.2, 0) is 17.8 Å². The Morgan fingerprint density at radius 1 is 1.13 bits per heavy atom. The van der Waals surface area contributed by atoms with E-state index in [0.717, 1.165) is 23.3 Å². The number of hydrogen-bond acceptors (Lipinski definition) is 3. The van der Waals surface area contributed by atoms with Crippen LogP contribution in [-0.4, -0.2) is 26.1 Å². The highest BCUT2D eigenvalue weighted by atomic mass is 35.5. The second kappa shape index (κ2) is 9.18. The van der Waals surface area contributed by atoms with Gasteiger partial charge in [-0.3, -0.25) is 4.79 Å². The van der Waals surface area contributed by atoms with Crippen molar-refractivity contribution in [2.45, 2.75) is 13.0 Å². The fraction of sp³-hybridized carbons (Fsp3) is 0.278. The van der Waals surface area contributed by atoms with Crippen LogP contribution in [0.3, 0.4) is 0 Å². The molecule has 0 atom stereocenters. The number of halogens is 1. The molecule has 2 aromatic rings. The fourth-order valence-electron chi connectivity index (χ4n) is 2.23. The molecule has 23 heavy (non-hydrogen) atoms. The largest absolute Gasteiger partial charge is 0.496 e. The summed E-state index contributed by atoms with van der Waals surface area (Å²) in [6.07, 6.45) is 0.743. The highest BCUT2D eigenvalue weighted by Crippen LogP contribution is 2.17. The van der Waals surface area contributed by atoms with Gasteiger partial charge < -0.3 is 15.4 Å². The Hall–Kier alpha value is -2.04. The number of nitrogens with one attached hydrogen (secondary N) is 2. The third-order valence-electron chi connectivity index (χ3n) is 3.44. The third-order valence-corrected chi connectivity index (χ3v) is 3.69. The Balaban J connectivity index is 1.66. The van der Waals surface area contributed by atoms with Crippen LogP contribution >= 0.6 is 11.6 Å². The Labute approximate surface area is 141 Å². The monoisotopic (exact) mass is 332 g/mol. The average Bonchev–Trinajstić information content (AvgIpc) is 2.57. The minimum atomic E-state index is -0.0196. The summed E-state index contributed by atoms with van der Waals surface area (Å²) in [6, 6.07) is 15.4. The van der Waals surface area contributed by atoms with E-state index in [-0.39, 0.29) is 12.5 Å². The highest BCUT2D eigenvalue weighted by molar-refractivity contribution is 6.30. The smallest absolute Gasteiger partial charge is 0.233 e. The highest BCUT2D eigenvalue weighted by Gasteiger charge is 2.04. The van der Waals surface area contributed by atoms with E-state index in [9.17, 15) is 4.79 Å². The summed E-state index contributed by atoms with van der Waals surface area (Å²) in [4.78, 5) is 11.8. The van der Waals surface area contributed by atoms with Gasteiger partial charge in [0.1, 0.15) is 5.75 Å². The molecular formula is C18H21ClN2O2. The first-order valence-corrected chi connectivity index (χ1v) is 7.90. The molecule has 5 heteroatoms. The van der Waals surface area contributed by atoms with Crippen LogP contribution in [0.1, 0.15) is 11.1 Å². The van der Waals surface area contributed by atoms with E-state index in [2.05, 4.69) is 10.6 Å². The van der Waals surface area contributed by atoms with E-state index in [1.165, 1.54) is 0 Å². The molecule has 0 bridgehead atoms. The molecule has 0 aliphatic carbocycles. The number of carbonyl (C=O) groups excluding carboxylic acids is 1. The summed E-state index contributed by atoms with van der Waals surface area (Å²) < 4.78 is 5.29. The molecule has 1 amide bonds. The van der Waals surface area contributed by atoms with Crippen LogP contribution in [0.4, 0.5) is 0 Å². The van der Waals surface area contributed by atoms with E-state index in [1.807, 2.05) is 48.5 Å². The molecule has 0 aliphatic heterocycles. The fourth-order valence-corrected chi connectivity index (χ4v) is 2.36. The second-order valence-corrected chi connectivity index (χ2v) is 5.58. The van der Waals surface area contributed by atoms with Gasteiger partial charge in [-0.15, -0.1) is 0 Å². The predicted molar refractivity (Wildman–Crippen MR) is 92.9 cm³/mol. The molecule has 2 rings (SSSR count). The SMILES string of the molecule is COc1ccccc1CCNC(=O)CNCc1ccc(Cl)cc1. The molecule has 2 aromatic carbocycles. The lowest BCUT2D eigenvalue weighted by Gasteiger charge is -2.09. The van der Waals surface area contributed by atoms with Gasteiger partial charge in [-0.1, -0.05) is 41.9 Å². The van der Waals surface area contributed by atoms with Crippen LogP contribution in [0.2, 0.25) is 5.02 Å². The van der Waals surface area contributed by atoms with Crippen molar-refractivity contribution >= 4 is 17.5 Å². The minimum absolute atomic E-state index is 0.0196. The normalized spacial score (nSPS) is 10.3. The number of benzene rings is 2. The lowest BCUT2D eigenvalue weighted by Crippen LogP contribution is -2.34. The Kier molecular flexibility index (Phi) is 6.91. The van der Waals surface area contributed by atoms with Gasteiger partial charge in [0, 0.05) is 18.1 Å². The number of carbonyl (C=O) groups is 1. The van der Waals surface area contributed by atoms with Crippen LogP contribution in [0.15, 0.2) is 48.5 Å². The van der Waals surface area contributed by atoms with Gasteiger partial charge in [-0.2, -0.15) is 0 Å². The van der Waals surface area contributed by atoms with Gasteiger partial charge in [0.05, 0.1) is 13.7 Å². The maximum atomic E-state index is 11.8. The number of methoxy groups -OCH3 is 1. The standard InChI is InChI=1S/C18H21ClN2O2/c1-23-17-5-3-2-4-15(17)10-11-21-18(22)13-20-12-14-6-8-16(19)9-7-14/h2-9,20H,10-13H2,1H3,(H,21,22). The number of hydrogen-bond donors (Lipinski definition) is 2. The third kappa shape index (κ3) is 5.93. The van der Waals surface area contributed by atoms with E-state index >= 15 is 0 Å². The van der Waals surface area contributed by atoms with Gasteiger partial charge in [-0.05, 0) is 35.7 Å². The molecule has 2 N–H and O–H groups in total. The summed E-state index contributed by atoms with van der Waals surface area (Å²) in [5, 5.41) is 6.72. The zero-order valence-corrected chi connectivity index (χ0v) is 13.9. The van der Waals surface area contributed by atoms with Gasteiger partial charge in [0.25, 0.3) is 0 Å². The van der Waals surface area contributed by atoms with Crippen molar-refractivity contribution in [2.24, 2.45) is 0 Å². The molecule has 0 spiro atoms. The molecule has 122 valence electrons. The van der Waals surface area contributed by atoms with Gasteiger partial charge in [0.15, 0.2) is 0 Å². The Morgan fingerprint density at radius 3 is 2.61 bits per heavy atom. The molecule has 0 heterocycles. The molecule has 0 radical (unpaired) electrons. The number of amides is 1.